The average molecular weight is 480 g/mol. The van der Waals surface area contributed by atoms with E-state index < -0.39 is 0 Å². The lowest BCUT2D eigenvalue weighted by Crippen LogP contribution is -2.39. The fourth-order valence-corrected chi connectivity index (χ4v) is 4.75. The maximum Gasteiger partial charge on any atom is 0.278 e. The molecule has 3 aromatic rings. The number of hydrogen-bond donors (Lipinski definition) is 0. The summed E-state index contributed by atoms with van der Waals surface area (Å²) in [6, 6.07) is 7.65. The quantitative estimate of drug-likeness (QED) is 0.466. The van der Waals surface area contributed by atoms with Gasteiger partial charge in [0.25, 0.3) is 5.91 Å². The van der Waals surface area contributed by atoms with Crippen LogP contribution >= 0.6 is 23.7 Å². The molecule has 3 heterocycles. The molecule has 8 nitrogen and oxygen atoms in total. The van der Waals surface area contributed by atoms with Gasteiger partial charge in [0.15, 0.2) is 5.13 Å². The van der Waals surface area contributed by atoms with Crippen LogP contribution in [0.5, 0.6) is 5.75 Å². The zero-order valence-corrected chi connectivity index (χ0v) is 20.2. The molecule has 1 saturated heterocycles. The summed E-state index contributed by atoms with van der Waals surface area (Å²) in [5.41, 5.74) is 1.46. The molecule has 0 radical (unpaired) electrons. The predicted octanol–water partition coefficient (Wildman–Crippen LogP) is 3.70. The standard InChI is InChI=1S/C22H29N5O3S.ClH/c1-3-27-19(8-9-23-27)21(28)26(11-5-10-25-12-14-29-15-13-25)22-24-18-7-6-17(30-4-2)16-20(18)31-22;/h6-9,16H,3-5,10-15H2,1-2H3;1H. The van der Waals surface area contributed by atoms with Gasteiger partial charge in [0.05, 0.1) is 30.0 Å². The van der Waals surface area contributed by atoms with Crippen molar-refractivity contribution in [2.75, 3.05) is 50.9 Å². The van der Waals surface area contributed by atoms with Crippen molar-refractivity contribution < 1.29 is 14.3 Å². The second kappa shape index (κ2) is 11.6. The van der Waals surface area contributed by atoms with Crippen LogP contribution in [0.15, 0.2) is 30.5 Å². The molecule has 4 rings (SSSR count). The van der Waals surface area contributed by atoms with Gasteiger partial charge < -0.3 is 9.47 Å². The average Bonchev–Trinajstić information content (AvgIpc) is 3.43. The third-order valence-corrected chi connectivity index (χ3v) is 6.37. The van der Waals surface area contributed by atoms with E-state index in [1.165, 1.54) is 11.3 Å². The molecular weight excluding hydrogens is 450 g/mol. The van der Waals surface area contributed by atoms with Gasteiger partial charge in [0.2, 0.25) is 0 Å². The van der Waals surface area contributed by atoms with E-state index in [4.69, 9.17) is 14.5 Å². The van der Waals surface area contributed by atoms with Crippen LogP contribution in [-0.4, -0.2) is 71.6 Å². The molecule has 0 saturated carbocycles. The molecule has 0 spiro atoms. The van der Waals surface area contributed by atoms with Crippen LogP contribution in [0.3, 0.4) is 0 Å². The predicted molar refractivity (Wildman–Crippen MR) is 129 cm³/mol. The molecule has 1 aliphatic rings. The van der Waals surface area contributed by atoms with Crippen molar-refractivity contribution in [3.63, 3.8) is 0 Å². The number of aryl methyl sites for hydroxylation is 1. The number of carbonyl (C=O) groups is 1. The van der Waals surface area contributed by atoms with Crippen molar-refractivity contribution in [2.24, 2.45) is 0 Å². The van der Waals surface area contributed by atoms with Crippen LogP contribution in [0, 0.1) is 0 Å². The van der Waals surface area contributed by atoms with Gasteiger partial charge in [-0.05, 0) is 44.5 Å². The molecule has 2 aromatic heterocycles. The highest BCUT2D eigenvalue weighted by atomic mass is 35.5. The molecule has 0 bridgehead atoms. The third kappa shape index (κ3) is 5.58. The van der Waals surface area contributed by atoms with E-state index in [-0.39, 0.29) is 18.3 Å². The topological polar surface area (TPSA) is 72.7 Å². The first-order valence-electron chi connectivity index (χ1n) is 10.9. The highest BCUT2D eigenvalue weighted by Gasteiger charge is 2.24. The van der Waals surface area contributed by atoms with Crippen LogP contribution in [0.4, 0.5) is 5.13 Å². The van der Waals surface area contributed by atoms with Gasteiger partial charge in [-0.3, -0.25) is 19.3 Å². The van der Waals surface area contributed by atoms with Crippen LogP contribution in [0.2, 0.25) is 0 Å². The number of amides is 1. The van der Waals surface area contributed by atoms with Crippen molar-refractivity contribution in [3.05, 3.63) is 36.2 Å². The van der Waals surface area contributed by atoms with Crippen LogP contribution < -0.4 is 9.64 Å². The first-order chi connectivity index (χ1) is 15.2. The summed E-state index contributed by atoms with van der Waals surface area (Å²) in [5.74, 6) is 0.755. The third-order valence-electron chi connectivity index (χ3n) is 5.33. The molecule has 10 heteroatoms. The second-order valence-corrected chi connectivity index (χ2v) is 8.36. The normalized spacial score (nSPS) is 14.3. The Morgan fingerprint density at radius 1 is 1.25 bits per heavy atom. The molecule has 0 aliphatic carbocycles. The van der Waals surface area contributed by atoms with Gasteiger partial charge in [0, 0.05) is 38.9 Å². The lowest BCUT2D eigenvalue weighted by molar-refractivity contribution is 0.0376. The van der Waals surface area contributed by atoms with E-state index >= 15 is 0 Å². The van der Waals surface area contributed by atoms with Gasteiger partial charge in [-0.2, -0.15) is 5.10 Å². The fraction of sp³-hybridized carbons (Fsp3) is 0.500. The number of thiazole rings is 1. The smallest absolute Gasteiger partial charge is 0.278 e. The van der Waals surface area contributed by atoms with Crippen molar-refractivity contribution in [1.82, 2.24) is 19.7 Å². The molecule has 1 amide bonds. The number of rotatable bonds is 9. The number of hydrogen-bond acceptors (Lipinski definition) is 7. The summed E-state index contributed by atoms with van der Waals surface area (Å²) in [5, 5.41) is 4.98. The highest BCUT2D eigenvalue weighted by Crippen LogP contribution is 2.32. The molecule has 1 fully saturated rings. The van der Waals surface area contributed by atoms with Crippen molar-refractivity contribution >= 4 is 45.0 Å². The monoisotopic (exact) mass is 479 g/mol. The van der Waals surface area contributed by atoms with Crippen molar-refractivity contribution in [1.29, 1.82) is 0 Å². The lowest BCUT2D eigenvalue weighted by Gasteiger charge is -2.27. The van der Waals surface area contributed by atoms with Crippen molar-refractivity contribution in [2.45, 2.75) is 26.8 Å². The first kappa shape index (κ1) is 24.4. The molecule has 0 atom stereocenters. The zero-order chi connectivity index (χ0) is 21.6. The molecule has 0 N–H and O–H groups in total. The Kier molecular flexibility index (Phi) is 8.86. The van der Waals surface area contributed by atoms with E-state index in [2.05, 4.69) is 10.00 Å². The van der Waals surface area contributed by atoms with E-state index in [0.29, 0.717) is 30.5 Å². The Morgan fingerprint density at radius 2 is 2.06 bits per heavy atom. The largest absolute Gasteiger partial charge is 0.494 e. The maximum absolute atomic E-state index is 13.5. The summed E-state index contributed by atoms with van der Waals surface area (Å²) < 4.78 is 13.8. The minimum Gasteiger partial charge on any atom is -0.494 e. The summed E-state index contributed by atoms with van der Waals surface area (Å²) in [6.07, 6.45) is 2.54. The number of carbonyl (C=O) groups excluding carboxylic acids is 1. The first-order valence-corrected chi connectivity index (χ1v) is 11.7. The summed E-state index contributed by atoms with van der Waals surface area (Å²) in [4.78, 5) is 22.4. The Balaban J connectivity index is 0.00000289. The van der Waals surface area contributed by atoms with Gasteiger partial charge in [-0.25, -0.2) is 4.98 Å². The molecule has 174 valence electrons. The number of anilines is 1. The Hall–Kier alpha value is -2.20. The Bertz CT molecular complexity index is 1020. The summed E-state index contributed by atoms with van der Waals surface area (Å²) in [6.45, 7) is 10.2. The fourth-order valence-electron chi connectivity index (χ4n) is 3.73. The Labute approximate surface area is 198 Å². The SMILES string of the molecule is CCOc1ccc2nc(N(CCCN3CCOCC3)C(=O)c3ccnn3CC)sc2c1.Cl. The van der Waals surface area contributed by atoms with Gasteiger partial charge in [-0.15, -0.1) is 12.4 Å². The summed E-state index contributed by atoms with van der Waals surface area (Å²) >= 11 is 1.52. The van der Waals surface area contributed by atoms with Gasteiger partial charge in [0.1, 0.15) is 11.4 Å². The van der Waals surface area contributed by atoms with Crippen LogP contribution in [0.1, 0.15) is 30.8 Å². The molecular formula is C22H30ClN5O3S. The number of morpholine rings is 1. The zero-order valence-electron chi connectivity index (χ0n) is 18.5. The number of halogens is 1. The molecule has 1 aromatic carbocycles. The molecule has 1 aliphatic heterocycles. The number of nitrogens with zero attached hydrogens (tertiary/aromatic N) is 5. The van der Waals surface area contributed by atoms with E-state index in [9.17, 15) is 4.79 Å². The van der Waals surface area contributed by atoms with Crippen LogP contribution in [0.25, 0.3) is 10.2 Å². The van der Waals surface area contributed by atoms with Gasteiger partial charge in [-0.1, -0.05) is 11.3 Å². The van der Waals surface area contributed by atoms with E-state index in [1.54, 1.807) is 21.8 Å². The van der Waals surface area contributed by atoms with Gasteiger partial charge >= 0.3 is 0 Å². The second-order valence-electron chi connectivity index (χ2n) is 7.36. The number of benzene rings is 1. The lowest BCUT2D eigenvalue weighted by atomic mass is 10.3. The number of aromatic nitrogens is 3. The highest BCUT2D eigenvalue weighted by molar-refractivity contribution is 7.22. The number of fused-ring (bicyclic) bond motifs is 1. The molecule has 32 heavy (non-hydrogen) atoms. The maximum atomic E-state index is 13.5. The van der Waals surface area contributed by atoms with Crippen LogP contribution in [-0.2, 0) is 11.3 Å². The van der Waals surface area contributed by atoms with E-state index in [0.717, 1.165) is 55.2 Å². The minimum atomic E-state index is -0.0644. The minimum absolute atomic E-state index is 0. The molecule has 0 unspecified atom stereocenters. The summed E-state index contributed by atoms with van der Waals surface area (Å²) in [7, 11) is 0. The Morgan fingerprint density at radius 3 is 2.81 bits per heavy atom. The van der Waals surface area contributed by atoms with Crippen molar-refractivity contribution in [3.8, 4) is 5.75 Å². The van der Waals surface area contributed by atoms with E-state index in [1.807, 2.05) is 32.0 Å². The number of ether oxygens (including phenoxy) is 2.